The average Bonchev–Trinajstić information content (AvgIpc) is 3.15. The number of rotatable bonds is 7. The summed E-state index contributed by atoms with van der Waals surface area (Å²) in [6.45, 7) is 5.39. The summed E-state index contributed by atoms with van der Waals surface area (Å²) < 4.78 is 14.0. The molecule has 0 N–H and O–H groups in total. The first-order valence-electron chi connectivity index (χ1n) is 9.01. The van der Waals surface area contributed by atoms with Gasteiger partial charge < -0.3 is 9.47 Å². The van der Waals surface area contributed by atoms with Crippen LogP contribution in [0.3, 0.4) is 0 Å². The number of benzene rings is 2. The van der Waals surface area contributed by atoms with Gasteiger partial charge in [0, 0.05) is 22.1 Å². The predicted molar refractivity (Wildman–Crippen MR) is 116 cm³/mol. The summed E-state index contributed by atoms with van der Waals surface area (Å²) in [7, 11) is 0. The van der Waals surface area contributed by atoms with Crippen molar-refractivity contribution in [2.75, 3.05) is 19.0 Å². The molecule has 1 aromatic heterocycles. The Balaban J connectivity index is 1.51. The van der Waals surface area contributed by atoms with E-state index in [2.05, 4.69) is 32.7 Å². The van der Waals surface area contributed by atoms with E-state index in [0.717, 1.165) is 15.9 Å². The number of hydrogen-bond donors (Lipinski definition) is 0. The third-order valence-corrected chi connectivity index (χ3v) is 5.82. The lowest BCUT2D eigenvalue weighted by Crippen LogP contribution is -2.16. The zero-order valence-corrected chi connectivity index (χ0v) is 17.9. The number of halogens is 1. The minimum Gasteiger partial charge on any atom is -0.486 e. The molecule has 6 nitrogen and oxygen atoms in total. The maximum absolute atomic E-state index is 12.7. The number of carbonyl (C=O) groups excluding carboxylic acids is 1. The van der Waals surface area contributed by atoms with Gasteiger partial charge in [-0.25, -0.2) is 0 Å². The van der Waals surface area contributed by atoms with E-state index in [1.54, 1.807) is 24.3 Å². The number of hydrogen-bond acceptors (Lipinski definition) is 6. The minimum atomic E-state index is -0.00896. The van der Waals surface area contributed by atoms with Gasteiger partial charge in [-0.15, -0.1) is 16.8 Å². The smallest absolute Gasteiger partial charge is 0.192 e. The van der Waals surface area contributed by atoms with Gasteiger partial charge in [-0.1, -0.05) is 45.9 Å². The molecule has 0 amide bonds. The Bertz CT molecular complexity index is 1050. The quantitative estimate of drug-likeness (QED) is 0.284. The van der Waals surface area contributed by atoms with Crippen molar-refractivity contribution in [2.24, 2.45) is 0 Å². The van der Waals surface area contributed by atoms with E-state index in [-0.39, 0.29) is 11.5 Å². The molecule has 0 fully saturated rings. The second-order valence-electron chi connectivity index (χ2n) is 6.28. The van der Waals surface area contributed by atoms with Crippen molar-refractivity contribution in [3.63, 3.8) is 0 Å². The summed E-state index contributed by atoms with van der Waals surface area (Å²) in [5.41, 5.74) is 1.54. The molecule has 148 valence electrons. The average molecular weight is 472 g/mol. The van der Waals surface area contributed by atoms with Crippen LogP contribution in [-0.4, -0.2) is 39.5 Å². The molecule has 0 bridgehead atoms. The van der Waals surface area contributed by atoms with Gasteiger partial charge in [-0.05, 0) is 30.3 Å². The van der Waals surface area contributed by atoms with E-state index in [4.69, 9.17) is 9.47 Å². The molecule has 0 saturated heterocycles. The topological polar surface area (TPSA) is 66.2 Å². The van der Waals surface area contributed by atoms with E-state index >= 15 is 0 Å². The molecule has 0 radical (unpaired) electrons. The molecular formula is C21H18BrN3O3S. The van der Waals surface area contributed by atoms with E-state index in [1.807, 2.05) is 28.8 Å². The molecule has 0 aliphatic carbocycles. The second kappa shape index (κ2) is 8.84. The second-order valence-corrected chi connectivity index (χ2v) is 8.14. The molecule has 4 rings (SSSR count). The van der Waals surface area contributed by atoms with Crippen LogP contribution in [0.2, 0.25) is 0 Å². The number of carbonyl (C=O) groups is 1. The van der Waals surface area contributed by atoms with Gasteiger partial charge in [-0.3, -0.25) is 9.36 Å². The highest BCUT2D eigenvalue weighted by Crippen LogP contribution is 2.32. The summed E-state index contributed by atoms with van der Waals surface area (Å²) in [5.74, 6) is 2.26. The van der Waals surface area contributed by atoms with Crippen molar-refractivity contribution in [3.05, 3.63) is 65.2 Å². The fourth-order valence-corrected chi connectivity index (χ4v) is 4.04. The first kappa shape index (κ1) is 19.7. The highest BCUT2D eigenvalue weighted by Gasteiger charge is 2.18. The monoisotopic (exact) mass is 471 g/mol. The Morgan fingerprint density at radius 1 is 1.14 bits per heavy atom. The number of aromatic nitrogens is 3. The number of nitrogens with zero attached hydrogens (tertiary/aromatic N) is 3. The summed E-state index contributed by atoms with van der Waals surface area (Å²) in [6.07, 6.45) is 1.79. The van der Waals surface area contributed by atoms with Gasteiger partial charge in [-0.2, -0.15) is 0 Å². The Kier molecular flexibility index (Phi) is 6.01. The van der Waals surface area contributed by atoms with Crippen LogP contribution < -0.4 is 9.47 Å². The molecule has 29 heavy (non-hydrogen) atoms. The number of ketones is 1. The first-order chi connectivity index (χ1) is 14.2. The van der Waals surface area contributed by atoms with Crippen LogP contribution >= 0.6 is 27.7 Å². The van der Waals surface area contributed by atoms with Crippen molar-refractivity contribution in [3.8, 4) is 22.9 Å². The van der Waals surface area contributed by atoms with E-state index in [1.165, 1.54) is 11.8 Å². The summed E-state index contributed by atoms with van der Waals surface area (Å²) in [6, 6.07) is 13.1. The number of ether oxygens (including phenoxy) is 2. The third-order valence-electron chi connectivity index (χ3n) is 4.33. The van der Waals surface area contributed by atoms with Crippen LogP contribution in [0.15, 0.2) is 64.7 Å². The van der Waals surface area contributed by atoms with Crippen molar-refractivity contribution in [1.82, 2.24) is 14.8 Å². The molecule has 2 heterocycles. The lowest BCUT2D eigenvalue weighted by molar-refractivity contribution is 0.102. The van der Waals surface area contributed by atoms with Gasteiger partial charge >= 0.3 is 0 Å². The van der Waals surface area contributed by atoms with Gasteiger partial charge in [0.25, 0.3) is 0 Å². The number of fused-ring (bicyclic) bond motifs is 1. The lowest BCUT2D eigenvalue weighted by Gasteiger charge is -2.18. The van der Waals surface area contributed by atoms with Gasteiger partial charge in [0.1, 0.15) is 13.2 Å². The zero-order chi connectivity index (χ0) is 20.2. The van der Waals surface area contributed by atoms with E-state index in [0.29, 0.717) is 42.0 Å². The zero-order valence-electron chi connectivity index (χ0n) is 15.5. The Morgan fingerprint density at radius 2 is 1.90 bits per heavy atom. The molecule has 1 aliphatic heterocycles. The van der Waals surface area contributed by atoms with Crippen LogP contribution in [0.5, 0.6) is 11.5 Å². The fraction of sp³-hybridized carbons (Fsp3) is 0.190. The Hall–Kier alpha value is -2.58. The number of Topliss-reactive ketones (excluding diaryl/α,β-unsaturated/α-hetero) is 1. The molecule has 2 aromatic carbocycles. The van der Waals surface area contributed by atoms with Crippen molar-refractivity contribution >= 4 is 33.5 Å². The Labute approximate surface area is 181 Å². The molecule has 0 atom stereocenters. The standard InChI is InChI=1S/C21H18BrN3O3S/c1-2-9-25-20(14-3-6-16(22)7-4-14)23-24-21(25)29-13-17(26)15-5-8-18-19(12-15)28-11-10-27-18/h2-8,12H,1,9-11,13H2. The van der Waals surface area contributed by atoms with E-state index < -0.39 is 0 Å². The SMILES string of the molecule is C=CCn1c(SCC(=O)c2ccc3c(c2)OCCO3)nnc1-c1ccc(Br)cc1. The molecule has 0 spiro atoms. The molecular weight excluding hydrogens is 454 g/mol. The summed E-state index contributed by atoms with van der Waals surface area (Å²) >= 11 is 4.80. The minimum absolute atomic E-state index is 0.00896. The van der Waals surface area contributed by atoms with Crippen LogP contribution in [0, 0.1) is 0 Å². The maximum atomic E-state index is 12.7. The van der Waals surface area contributed by atoms with Gasteiger partial charge in [0.2, 0.25) is 0 Å². The molecule has 0 saturated carbocycles. The van der Waals surface area contributed by atoms with Crippen molar-refractivity contribution in [1.29, 1.82) is 0 Å². The van der Waals surface area contributed by atoms with Crippen molar-refractivity contribution in [2.45, 2.75) is 11.7 Å². The largest absolute Gasteiger partial charge is 0.486 e. The maximum Gasteiger partial charge on any atom is 0.192 e. The highest BCUT2D eigenvalue weighted by atomic mass is 79.9. The number of thioether (sulfide) groups is 1. The first-order valence-corrected chi connectivity index (χ1v) is 10.8. The van der Waals surface area contributed by atoms with Crippen molar-refractivity contribution < 1.29 is 14.3 Å². The number of allylic oxidation sites excluding steroid dienone is 1. The van der Waals surface area contributed by atoms with Gasteiger partial charge in [0.15, 0.2) is 28.3 Å². The van der Waals surface area contributed by atoms with Crippen LogP contribution in [0.25, 0.3) is 11.4 Å². The Morgan fingerprint density at radius 3 is 2.66 bits per heavy atom. The lowest BCUT2D eigenvalue weighted by atomic mass is 10.1. The molecule has 1 aliphatic rings. The van der Waals surface area contributed by atoms with Crippen LogP contribution in [0.1, 0.15) is 10.4 Å². The highest BCUT2D eigenvalue weighted by molar-refractivity contribution is 9.10. The predicted octanol–water partition coefficient (Wildman–Crippen LogP) is 4.64. The summed E-state index contributed by atoms with van der Waals surface area (Å²) in [4.78, 5) is 12.7. The third kappa shape index (κ3) is 4.38. The van der Waals surface area contributed by atoms with Gasteiger partial charge in [0.05, 0.1) is 5.75 Å². The molecule has 0 unspecified atom stereocenters. The molecule has 8 heteroatoms. The van der Waals surface area contributed by atoms with Crippen LogP contribution in [-0.2, 0) is 6.54 Å². The summed E-state index contributed by atoms with van der Waals surface area (Å²) in [5, 5.41) is 9.29. The normalized spacial score (nSPS) is 12.6. The van der Waals surface area contributed by atoms with E-state index in [9.17, 15) is 4.79 Å². The molecule has 3 aromatic rings. The fourth-order valence-electron chi connectivity index (χ4n) is 2.93. The van der Waals surface area contributed by atoms with Crippen LogP contribution in [0.4, 0.5) is 0 Å².